The van der Waals surface area contributed by atoms with E-state index in [1.54, 1.807) is 28.9 Å². The fraction of sp³-hybridized carbons (Fsp3) is 0.0435. The van der Waals surface area contributed by atoms with Crippen LogP contribution >= 0.6 is 11.6 Å². The maximum atomic E-state index is 11.6. The van der Waals surface area contributed by atoms with Crippen LogP contribution in [-0.4, -0.2) is 24.4 Å². The number of nitrogens with zero attached hydrogens (tertiary/aromatic N) is 3. The van der Waals surface area contributed by atoms with Crippen molar-refractivity contribution < 1.29 is 13.3 Å². The highest BCUT2D eigenvalue weighted by Gasteiger charge is 2.13. The second kappa shape index (κ2) is 9.35. The molecule has 1 aromatic heterocycles. The molecule has 32 heavy (non-hydrogen) atoms. The van der Waals surface area contributed by atoms with Gasteiger partial charge in [0.15, 0.2) is 0 Å². The number of halogens is 1. The Balaban J connectivity index is 1.64. The topological polar surface area (TPSA) is 99.6 Å². The Morgan fingerprint density at radius 1 is 1.00 bits per heavy atom. The minimum absolute atomic E-state index is 0.0255. The quantitative estimate of drug-likeness (QED) is 0.322. The van der Waals surface area contributed by atoms with Gasteiger partial charge in [-0.15, -0.1) is 0 Å². The van der Waals surface area contributed by atoms with Gasteiger partial charge in [-0.1, -0.05) is 59.2 Å². The van der Waals surface area contributed by atoms with Crippen LogP contribution in [0.4, 0.5) is 0 Å². The van der Waals surface area contributed by atoms with Crippen molar-refractivity contribution in [3.8, 4) is 16.9 Å². The molecule has 0 aliphatic rings. The van der Waals surface area contributed by atoms with Gasteiger partial charge in [0.1, 0.15) is 12.3 Å². The highest BCUT2D eigenvalue weighted by molar-refractivity contribution is 7.89. The minimum Gasteiger partial charge on any atom is -0.391 e. The number of rotatable bonds is 7. The number of primary sulfonamides is 1. The van der Waals surface area contributed by atoms with Crippen LogP contribution < -0.4 is 5.14 Å². The van der Waals surface area contributed by atoms with Gasteiger partial charge in [-0.25, -0.2) is 18.2 Å². The first-order valence-electron chi connectivity index (χ1n) is 9.59. The minimum atomic E-state index is -3.78. The van der Waals surface area contributed by atoms with Crippen LogP contribution in [0.1, 0.15) is 11.3 Å². The van der Waals surface area contributed by atoms with Gasteiger partial charge in [-0.3, -0.25) is 0 Å². The van der Waals surface area contributed by atoms with Crippen LogP contribution in [0.25, 0.3) is 16.9 Å². The number of oxime groups is 1. The number of hydrogen-bond donors (Lipinski definition) is 1. The fourth-order valence-electron chi connectivity index (χ4n) is 3.04. The van der Waals surface area contributed by atoms with E-state index in [0.717, 1.165) is 16.8 Å². The normalized spacial score (nSPS) is 11.7. The van der Waals surface area contributed by atoms with E-state index in [4.69, 9.17) is 21.6 Å². The molecule has 0 radical (unpaired) electrons. The van der Waals surface area contributed by atoms with Gasteiger partial charge in [-0.2, -0.15) is 5.10 Å². The molecule has 3 aromatic carbocycles. The zero-order valence-electron chi connectivity index (χ0n) is 16.8. The third-order valence-corrected chi connectivity index (χ3v) is 5.79. The third kappa shape index (κ3) is 5.23. The first kappa shape index (κ1) is 21.8. The number of nitrogens with two attached hydrogens (primary N) is 1. The maximum absolute atomic E-state index is 11.6. The standard InChI is InChI=1S/C23H19ClN4O3S/c24-19-8-6-18(7-9-19)23-14-20(15-26-31-16-17-4-2-1-3-5-17)27-28(23)21-10-12-22(13-11-21)32(25,29)30/h1-15H,16H2,(H2,25,29,30)/b26-15+. The van der Waals surface area contributed by atoms with E-state index in [2.05, 4.69) is 10.3 Å². The lowest BCUT2D eigenvalue weighted by Gasteiger charge is -2.08. The monoisotopic (exact) mass is 466 g/mol. The number of hydrogen-bond acceptors (Lipinski definition) is 5. The van der Waals surface area contributed by atoms with Crippen molar-refractivity contribution in [2.45, 2.75) is 11.5 Å². The summed E-state index contributed by atoms with van der Waals surface area (Å²) < 4.78 is 24.8. The van der Waals surface area contributed by atoms with Crippen LogP contribution in [0, 0.1) is 0 Å². The van der Waals surface area contributed by atoms with Crippen molar-refractivity contribution in [1.29, 1.82) is 0 Å². The number of sulfonamides is 1. The fourth-order valence-corrected chi connectivity index (χ4v) is 3.68. The molecular formula is C23H19ClN4O3S. The molecule has 0 spiro atoms. The molecule has 0 amide bonds. The van der Waals surface area contributed by atoms with Gasteiger partial charge in [0.25, 0.3) is 0 Å². The lowest BCUT2D eigenvalue weighted by Crippen LogP contribution is -2.12. The van der Waals surface area contributed by atoms with E-state index in [0.29, 0.717) is 23.0 Å². The van der Waals surface area contributed by atoms with Gasteiger partial charge in [0.2, 0.25) is 10.0 Å². The molecule has 0 unspecified atom stereocenters. The smallest absolute Gasteiger partial charge is 0.238 e. The molecule has 2 N–H and O–H groups in total. The highest BCUT2D eigenvalue weighted by atomic mass is 35.5. The van der Waals surface area contributed by atoms with E-state index < -0.39 is 10.0 Å². The van der Waals surface area contributed by atoms with Crippen molar-refractivity contribution in [1.82, 2.24) is 9.78 Å². The second-order valence-electron chi connectivity index (χ2n) is 6.91. The van der Waals surface area contributed by atoms with E-state index in [1.807, 2.05) is 48.5 Å². The van der Waals surface area contributed by atoms with Gasteiger partial charge in [-0.05, 0) is 48.0 Å². The van der Waals surface area contributed by atoms with Crippen LogP contribution in [0.3, 0.4) is 0 Å². The Hall–Kier alpha value is -3.46. The lowest BCUT2D eigenvalue weighted by molar-refractivity contribution is 0.132. The Morgan fingerprint density at radius 2 is 1.69 bits per heavy atom. The van der Waals surface area contributed by atoms with Gasteiger partial charge in [0, 0.05) is 10.6 Å². The van der Waals surface area contributed by atoms with Crippen molar-refractivity contribution in [2.75, 3.05) is 0 Å². The van der Waals surface area contributed by atoms with Crippen molar-refractivity contribution in [3.05, 3.63) is 101 Å². The van der Waals surface area contributed by atoms with Crippen LogP contribution in [-0.2, 0) is 21.5 Å². The molecular weight excluding hydrogens is 448 g/mol. The molecule has 0 saturated carbocycles. The molecule has 0 saturated heterocycles. The van der Waals surface area contributed by atoms with E-state index in [-0.39, 0.29) is 4.90 Å². The van der Waals surface area contributed by atoms with Gasteiger partial charge >= 0.3 is 0 Å². The summed E-state index contributed by atoms with van der Waals surface area (Å²) in [5.74, 6) is 0. The number of aromatic nitrogens is 2. The molecule has 0 aliphatic heterocycles. The van der Waals surface area contributed by atoms with Crippen LogP contribution in [0.5, 0.6) is 0 Å². The van der Waals surface area contributed by atoms with Gasteiger partial charge < -0.3 is 4.84 Å². The average Bonchev–Trinajstić information content (AvgIpc) is 3.22. The molecule has 4 aromatic rings. The molecule has 9 heteroatoms. The third-order valence-electron chi connectivity index (χ3n) is 4.61. The molecule has 1 heterocycles. The predicted octanol–water partition coefficient (Wildman–Crippen LogP) is 4.39. The molecule has 0 bridgehead atoms. The second-order valence-corrected chi connectivity index (χ2v) is 8.90. The maximum Gasteiger partial charge on any atom is 0.238 e. The summed E-state index contributed by atoms with van der Waals surface area (Å²) in [5.41, 5.74) is 3.88. The summed E-state index contributed by atoms with van der Waals surface area (Å²) in [4.78, 5) is 5.40. The van der Waals surface area contributed by atoms with Crippen molar-refractivity contribution >= 4 is 27.8 Å². The summed E-state index contributed by atoms with van der Waals surface area (Å²) in [5, 5.41) is 14.4. The first-order chi connectivity index (χ1) is 15.4. The predicted molar refractivity (Wildman–Crippen MR) is 124 cm³/mol. The Kier molecular flexibility index (Phi) is 6.36. The molecule has 162 valence electrons. The highest BCUT2D eigenvalue weighted by Crippen LogP contribution is 2.26. The molecule has 0 aliphatic carbocycles. The summed E-state index contributed by atoms with van der Waals surface area (Å²) in [7, 11) is -3.78. The zero-order valence-corrected chi connectivity index (χ0v) is 18.4. The molecule has 0 atom stereocenters. The van der Waals surface area contributed by atoms with Crippen LogP contribution in [0.2, 0.25) is 5.02 Å². The Labute approximate surface area is 190 Å². The zero-order chi connectivity index (χ0) is 22.6. The summed E-state index contributed by atoms with van der Waals surface area (Å²) in [6, 6.07) is 25.0. The van der Waals surface area contributed by atoms with E-state index in [1.165, 1.54) is 18.3 Å². The van der Waals surface area contributed by atoms with Crippen molar-refractivity contribution in [2.24, 2.45) is 10.3 Å². The van der Waals surface area contributed by atoms with Crippen LogP contribution in [0.15, 0.2) is 95.0 Å². The van der Waals surface area contributed by atoms with Crippen molar-refractivity contribution in [3.63, 3.8) is 0 Å². The largest absolute Gasteiger partial charge is 0.391 e. The molecule has 7 nitrogen and oxygen atoms in total. The molecule has 4 rings (SSSR count). The summed E-state index contributed by atoms with van der Waals surface area (Å²) >= 11 is 6.03. The SMILES string of the molecule is NS(=O)(=O)c1ccc(-n2nc(/C=N/OCc3ccccc3)cc2-c2ccc(Cl)cc2)cc1. The number of benzene rings is 3. The van der Waals surface area contributed by atoms with E-state index >= 15 is 0 Å². The Bertz CT molecular complexity index is 1330. The summed E-state index contributed by atoms with van der Waals surface area (Å²) in [6.07, 6.45) is 1.53. The first-order valence-corrected chi connectivity index (χ1v) is 11.5. The Morgan fingerprint density at radius 3 is 2.34 bits per heavy atom. The molecule has 0 fully saturated rings. The summed E-state index contributed by atoms with van der Waals surface area (Å²) in [6.45, 7) is 0.344. The average molecular weight is 467 g/mol. The van der Waals surface area contributed by atoms with Gasteiger partial charge in [0.05, 0.1) is 22.5 Å². The van der Waals surface area contributed by atoms with E-state index in [9.17, 15) is 8.42 Å². The lowest BCUT2D eigenvalue weighted by atomic mass is 10.1.